The molecule has 0 unspecified atom stereocenters. The fourth-order valence-corrected chi connectivity index (χ4v) is 2.27. The Morgan fingerprint density at radius 3 is 2.59 bits per heavy atom. The predicted molar refractivity (Wildman–Crippen MR) is 86.3 cm³/mol. The SMILES string of the molecule is Cc1ccc(Oc2ccnc(Cl)c2)c(-c2ncccc2C)n1. The van der Waals surface area contributed by atoms with E-state index in [-0.39, 0.29) is 0 Å². The molecule has 110 valence electrons. The number of rotatable bonds is 3. The summed E-state index contributed by atoms with van der Waals surface area (Å²) in [7, 11) is 0. The lowest BCUT2D eigenvalue weighted by Crippen LogP contribution is -1.97. The summed E-state index contributed by atoms with van der Waals surface area (Å²) in [5, 5.41) is 0.383. The molecule has 5 heteroatoms. The van der Waals surface area contributed by atoms with Crippen LogP contribution in [0.1, 0.15) is 11.3 Å². The van der Waals surface area contributed by atoms with Crippen LogP contribution in [0.2, 0.25) is 5.15 Å². The van der Waals surface area contributed by atoms with Gasteiger partial charge >= 0.3 is 0 Å². The zero-order valence-corrected chi connectivity index (χ0v) is 13.0. The molecule has 0 saturated heterocycles. The van der Waals surface area contributed by atoms with Crippen molar-refractivity contribution in [1.82, 2.24) is 15.0 Å². The van der Waals surface area contributed by atoms with E-state index >= 15 is 0 Å². The molecule has 0 atom stereocenters. The van der Waals surface area contributed by atoms with Gasteiger partial charge in [-0.15, -0.1) is 0 Å². The van der Waals surface area contributed by atoms with Gasteiger partial charge in [-0.3, -0.25) is 4.98 Å². The first-order chi connectivity index (χ1) is 10.6. The first-order valence-electron chi connectivity index (χ1n) is 6.82. The van der Waals surface area contributed by atoms with E-state index in [9.17, 15) is 0 Å². The Balaban J connectivity index is 2.07. The van der Waals surface area contributed by atoms with E-state index in [1.54, 1.807) is 24.5 Å². The summed E-state index contributed by atoms with van der Waals surface area (Å²) < 4.78 is 5.93. The van der Waals surface area contributed by atoms with Crippen molar-refractivity contribution in [3.05, 3.63) is 65.2 Å². The van der Waals surface area contributed by atoms with Gasteiger partial charge in [0, 0.05) is 24.2 Å². The first-order valence-corrected chi connectivity index (χ1v) is 7.20. The number of halogens is 1. The Bertz CT molecular complexity index is 821. The van der Waals surface area contributed by atoms with Crippen molar-refractivity contribution in [3.63, 3.8) is 0 Å². The largest absolute Gasteiger partial charge is 0.455 e. The molecule has 22 heavy (non-hydrogen) atoms. The Morgan fingerprint density at radius 1 is 0.955 bits per heavy atom. The van der Waals surface area contributed by atoms with E-state index in [0.717, 1.165) is 17.0 Å². The fourth-order valence-electron chi connectivity index (χ4n) is 2.10. The van der Waals surface area contributed by atoms with Crippen molar-refractivity contribution in [2.45, 2.75) is 13.8 Å². The van der Waals surface area contributed by atoms with Crippen LogP contribution in [0.4, 0.5) is 0 Å². The summed E-state index contributed by atoms with van der Waals surface area (Å²) in [5.41, 5.74) is 3.46. The number of nitrogens with zero attached hydrogens (tertiary/aromatic N) is 3. The number of aromatic nitrogens is 3. The summed E-state index contributed by atoms with van der Waals surface area (Å²) in [4.78, 5) is 13.0. The van der Waals surface area contributed by atoms with Crippen LogP contribution < -0.4 is 4.74 Å². The summed E-state index contributed by atoms with van der Waals surface area (Å²) >= 11 is 5.90. The highest BCUT2D eigenvalue weighted by molar-refractivity contribution is 6.29. The number of pyridine rings is 3. The van der Waals surface area contributed by atoms with Gasteiger partial charge in [0.2, 0.25) is 0 Å². The van der Waals surface area contributed by atoms with Crippen molar-refractivity contribution in [3.8, 4) is 22.9 Å². The Hall–Kier alpha value is -2.46. The van der Waals surface area contributed by atoms with E-state index in [1.165, 1.54) is 0 Å². The van der Waals surface area contributed by atoms with Crippen LogP contribution in [-0.2, 0) is 0 Å². The van der Waals surface area contributed by atoms with E-state index in [4.69, 9.17) is 16.3 Å². The summed E-state index contributed by atoms with van der Waals surface area (Å²) in [6.07, 6.45) is 3.35. The smallest absolute Gasteiger partial charge is 0.155 e. The second-order valence-electron chi connectivity index (χ2n) is 4.88. The minimum Gasteiger partial charge on any atom is -0.455 e. The molecule has 0 amide bonds. The third-order valence-corrected chi connectivity index (χ3v) is 3.36. The zero-order chi connectivity index (χ0) is 15.5. The molecule has 0 bridgehead atoms. The van der Waals surface area contributed by atoms with Gasteiger partial charge in [0.05, 0.1) is 5.69 Å². The predicted octanol–water partition coefficient (Wildman–Crippen LogP) is 4.60. The van der Waals surface area contributed by atoms with Gasteiger partial charge in [0.1, 0.15) is 16.6 Å². The maximum absolute atomic E-state index is 5.93. The Kier molecular flexibility index (Phi) is 4.02. The van der Waals surface area contributed by atoms with Crippen molar-refractivity contribution in [2.24, 2.45) is 0 Å². The van der Waals surface area contributed by atoms with Crippen molar-refractivity contribution >= 4 is 11.6 Å². The quantitative estimate of drug-likeness (QED) is 0.663. The maximum atomic E-state index is 5.93. The molecule has 3 aromatic rings. The standard InChI is InChI=1S/C17H14ClN3O/c1-11-4-3-8-20-16(11)17-14(6-5-12(2)21-17)22-13-7-9-19-15(18)10-13/h3-10H,1-2H3. The molecule has 3 heterocycles. The van der Waals surface area contributed by atoms with Gasteiger partial charge in [-0.2, -0.15) is 0 Å². The Labute approximate surface area is 133 Å². The van der Waals surface area contributed by atoms with Crippen LogP contribution in [0.5, 0.6) is 11.5 Å². The van der Waals surface area contributed by atoms with E-state index in [0.29, 0.717) is 22.3 Å². The molecule has 0 spiro atoms. The molecular formula is C17H14ClN3O. The first kappa shape index (κ1) is 14.5. The molecule has 0 N–H and O–H groups in total. The van der Waals surface area contributed by atoms with Crippen LogP contribution in [0.25, 0.3) is 11.4 Å². The Morgan fingerprint density at radius 2 is 1.82 bits per heavy atom. The normalized spacial score (nSPS) is 10.5. The molecule has 0 radical (unpaired) electrons. The molecule has 4 nitrogen and oxygen atoms in total. The van der Waals surface area contributed by atoms with E-state index in [2.05, 4.69) is 15.0 Å². The minimum absolute atomic E-state index is 0.383. The third-order valence-electron chi connectivity index (χ3n) is 3.16. The molecule has 0 saturated carbocycles. The average molecular weight is 312 g/mol. The van der Waals surface area contributed by atoms with Crippen LogP contribution in [0.15, 0.2) is 48.8 Å². The molecule has 0 aliphatic heterocycles. The van der Waals surface area contributed by atoms with Crippen LogP contribution >= 0.6 is 11.6 Å². The van der Waals surface area contributed by atoms with Gasteiger partial charge in [-0.05, 0) is 43.7 Å². The molecule has 0 aliphatic carbocycles. The highest BCUT2D eigenvalue weighted by Gasteiger charge is 2.13. The second kappa shape index (κ2) is 6.12. The number of aryl methyl sites for hydroxylation is 2. The fraction of sp³-hybridized carbons (Fsp3) is 0.118. The van der Waals surface area contributed by atoms with Crippen LogP contribution in [0.3, 0.4) is 0 Å². The highest BCUT2D eigenvalue weighted by atomic mass is 35.5. The lowest BCUT2D eigenvalue weighted by Gasteiger charge is -2.12. The van der Waals surface area contributed by atoms with Gasteiger partial charge in [-0.1, -0.05) is 17.7 Å². The summed E-state index contributed by atoms with van der Waals surface area (Å²) in [6, 6.07) is 11.1. The average Bonchev–Trinajstić information content (AvgIpc) is 2.50. The van der Waals surface area contributed by atoms with Crippen molar-refractivity contribution in [2.75, 3.05) is 0 Å². The van der Waals surface area contributed by atoms with Gasteiger partial charge in [0.25, 0.3) is 0 Å². The zero-order valence-electron chi connectivity index (χ0n) is 12.2. The van der Waals surface area contributed by atoms with Gasteiger partial charge in [-0.25, -0.2) is 9.97 Å². The molecular weight excluding hydrogens is 298 g/mol. The van der Waals surface area contributed by atoms with E-state index in [1.807, 2.05) is 38.1 Å². The lowest BCUT2D eigenvalue weighted by molar-refractivity contribution is 0.481. The number of hydrogen-bond acceptors (Lipinski definition) is 4. The van der Waals surface area contributed by atoms with Crippen molar-refractivity contribution < 1.29 is 4.74 Å². The van der Waals surface area contributed by atoms with Gasteiger partial charge < -0.3 is 4.74 Å². The molecule has 0 fully saturated rings. The van der Waals surface area contributed by atoms with Crippen LogP contribution in [0, 0.1) is 13.8 Å². The third kappa shape index (κ3) is 3.07. The molecule has 0 aliphatic rings. The van der Waals surface area contributed by atoms with E-state index < -0.39 is 0 Å². The number of hydrogen-bond donors (Lipinski definition) is 0. The second-order valence-corrected chi connectivity index (χ2v) is 5.27. The van der Waals surface area contributed by atoms with Crippen molar-refractivity contribution in [1.29, 1.82) is 0 Å². The number of ether oxygens (including phenoxy) is 1. The topological polar surface area (TPSA) is 47.9 Å². The monoisotopic (exact) mass is 311 g/mol. The molecule has 3 aromatic heterocycles. The molecule has 0 aromatic carbocycles. The van der Waals surface area contributed by atoms with Gasteiger partial charge in [0.15, 0.2) is 5.75 Å². The minimum atomic E-state index is 0.383. The maximum Gasteiger partial charge on any atom is 0.155 e. The molecule has 3 rings (SSSR count). The van der Waals surface area contributed by atoms with Crippen LogP contribution in [-0.4, -0.2) is 15.0 Å². The summed E-state index contributed by atoms with van der Waals surface area (Å²) in [5.74, 6) is 1.25. The lowest BCUT2D eigenvalue weighted by atomic mass is 10.1. The highest BCUT2D eigenvalue weighted by Crippen LogP contribution is 2.32. The summed E-state index contributed by atoms with van der Waals surface area (Å²) in [6.45, 7) is 3.94.